The summed E-state index contributed by atoms with van der Waals surface area (Å²) in [4.78, 5) is 24.7. The summed E-state index contributed by atoms with van der Waals surface area (Å²) in [7, 11) is 0. The van der Waals surface area contributed by atoms with Crippen LogP contribution in [0.2, 0.25) is 0 Å². The summed E-state index contributed by atoms with van der Waals surface area (Å²) in [6, 6.07) is 7.18. The Kier molecular flexibility index (Phi) is 5.28. The average molecular weight is 316 g/mol. The molecular weight excluding hydrogens is 292 g/mol. The smallest absolute Gasteiger partial charge is 0.253 e. The Morgan fingerprint density at radius 3 is 2.61 bits per heavy atom. The Morgan fingerprint density at radius 2 is 1.87 bits per heavy atom. The SMILES string of the molecule is O=C(NCC1CCCO1)c1ccccc1NC(=O)C1CCCC1. The number of rotatable bonds is 5. The van der Waals surface area contributed by atoms with Crippen molar-refractivity contribution in [1.82, 2.24) is 5.32 Å². The van der Waals surface area contributed by atoms with Crippen molar-refractivity contribution in [3.05, 3.63) is 29.8 Å². The number of hydrogen-bond acceptors (Lipinski definition) is 3. The fraction of sp³-hybridized carbons (Fsp3) is 0.556. The van der Waals surface area contributed by atoms with E-state index in [9.17, 15) is 9.59 Å². The number of benzene rings is 1. The van der Waals surface area contributed by atoms with Crippen LogP contribution in [0.15, 0.2) is 24.3 Å². The lowest BCUT2D eigenvalue weighted by Gasteiger charge is -2.15. The number of nitrogens with one attached hydrogen (secondary N) is 2. The molecule has 5 heteroatoms. The fourth-order valence-electron chi connectivity index (χ4n) is 3.32. The van der Waals surface area contributed by atoms with E-state index in [0.717, 1.165) is 45.1 Å². The first-order valence-electron chi connectivity index (χ1n) is 8.54. The van der Waals surface area contributed by atoms with Gasteiger partial charge < -0.3 is 15.4 Å². The van der Waals surface area contributed by atoms with Crippen LogP contribution in [-0.4, -0.2) is 31.1 Å². The first kappa shape index (κ1) is 16.0. The zero-order valence-corrected chi connectivity index (χ0v) is 13.3. The zero-order valence-electron chi connectivity index (χ0n) is 13.3. The molecule has 1 aliphatic heterocycles. The molecule has 0 radical (unpaired) electrons. The van der Waals surface area contributed by atoms with Gasteiger partial charge in [0.1, 0.15) is 0 Å². The quantitative estimate of drug-likeness (QED) is 0.877. The van der Waals surface area contributed by atoms with Crippen LogP contribution in [0.5, 0.6) is 0 Å². The van der Waals surface area contributed by atoms with E-state index in [1.807, 2.05) is 12.1 Å². The van der Waals surface area contributed by atoms with Crippen molar-refractivity contribution in [2.24, 2.45) is 5.92 Å². The van der Waals surface area contributed by atoms with E-state index in [-0.39, 0.29) is 23.8 Å². The van der Waals surface area contributed by atoms with Crippen molar-refractivity contribution in [1.29, 1.82) is 0 Å². The largest absolute Gasteiger partial charge is 0.376 e. The molecule has 0 spiro atoms. The highest BCUT2D eigenvalue weighted by Gasteiger charge is 2.24. The topological polar surface area (TPSA) is 67.4 Å². The molecule has 23 heavy (non-hydrogen) atoms. The van der Waals surface area contributed by atoms with Crippen molar-refractivity contribution in [2.75, 3.05) is 18.5 Å². The van der Waals surface area contributed by atoms with Crippen molar-refractivity contribution < 1.29 is 14.3 Å². The molecule has 1 atom stereocenters. The summed E-state index contributed by atoms with van der Waals surface area (Å²) < 4.78 is 5.52. The standard InChI is InChI=1S/C18H24N2O3/c21-17(13-6-1-2-7-13)20-16-10-4-3-9-15(16)18(22)19-12-14-8-5-11-23-14/h3-4,9-10,13-14H,1-2,5-8,11-12H2,(H,19,22)(H,20,21). The predicted octanol–water partition coefficient (Wildman–Crippen LogP) is 2.72. The highest BCUT2D eigenvalue weighted by Crippen LogP contribution is 2.26. The van der Waals surface area contributed by atoms with Crippen LogP contribution < -0.4 is 10.6 Å². The van der Waals surface area contributed by atoms with Gasteiger partial charge in [0.25, 0.3) is 5.91 Å². The van der Waals surface area contributed by atoms with Crippen molar-refractivity contribution >= 4 is 17.5 Å². The maximum absolute atomic E-state index is 12.4. The van der Waals surface area contributed by atoms with Gasteiger partial charge in [0, 0.05) is 19.1 Å². The number of carbonyl (C=O) groups excluding carboxylic acids is 2. The minimum absolute atomic E-state index is 0.0295. The Morgan fingerprint density at radius 1 is 1.09 bits per heavy atom. The lowest BCUT2D eigenvalue weighted by atomic mass is 10.1. The Hall–Kier alpha value is -1.88. The van der Waals surface area contributed by atoms with Gasteiger partial charge in [-0.3, -0.25) is 9.59 Å². The van der Waals surface area contributed by atoms with Gasteiger partial charge in [0.15, 0.2) is 0 Å². The zero-order chi connectivity index (χ0) is 16.1. The van der Waals surface area contributed by atoms with E-state index in [0.29, 0.717) is 17.8 Å². The van der Waals surface area contributed by atoms with E-state index >= 15 is 0 Å². The minimum Gasteiger partial charge on any atom is -0.376 e. The van der Waals surface area contributed by atoms with Gasteiger partial charge in [-0.05, 0) is 37.8 Å². The summed E-state index contributed by atoms with van der Waals surface area (Å²) in [6.45, 7) is 1.29. The van der Waals surface area contributed by atoms with Gasteiger partial charge in [-0.15, -0.1) is 0 Å². The van der Waals surface area contributed by atoms with Crippen molar-refractivity contribution in [2.45, 2.75) is 44.6 Å². The molecule has 1 saturated carbocycles. The fourth-order valence-corrected chi connectivity index (χ4v) is 3.32. The molecule has 1 aromatic rings. The molecule has 0 aromatic heterocycles. The Bertz CT molecular complexity index is 561. The van der Waals surface area contributed by atoms with Gasteiger partial charge >= 0.3 is 0 Å². The third-order valence-electron chi connectivity index (χ3n) is 4.67. The van der Waals surface area contributed by atoms with Gasteiger partial charge in [0.2, 0.25) is 5.91 Å². The molecule has 1 heterocycles. The molecule has 2 N–H and O–H groups in total. The molecule has 2 fully saturated rings. The summed E-state index contributed by atoms with van der Waals surface area (Å²) in [6.07, 6.45) is 6.26. The second kappa shape index (κ2) is 7.59. The van der Waals surface area contributed by atoms with Crippen LogP contribution in [0.4, 0.5) is 5.69 Å². The van der Waals surface area contributed by atoms with Crippen molar-refractivity contribution in [3.8, 4) is 0 Å². The van der Waals surface area contributed by atoms with E-state index in [1.165, 1.54) is 0 Å². The normalized spacial score (nSPS) is 21.3. The van der Waals surface area contributed by atoms with Crippen LogP contribution >= 0.6 is 0 Å². The summed E-state index contributed by atoms with van der Waals surface area (Å²) in [5.74, 6) is -0.0531. The number of carbonyl (C=O) groups is 2. The molecule has 1 saturated heterocycles. The Balaban J connectivity index is 1.62. The van der Waals surface area contributed by atoms with Crippen LogP contribution in [0.3, 0.4) is 0 Å². The lowest BCUT2D eigenvalue weighted by Crippen LogP contribution is -2.32. The summed E-state index contributed by atoms with van der Waals surface area (Å²) in [5, 5.41) is 5.84. The predicted molar refractivity (Wildman–Crippen MR) is 88.3 cm³/mol. The van der Waals surface area contributed by atoms with Crippen molar-refractivity contribution in [3.63, 3.8) is 0 Å². The molecule has 124 valence electrons. The monoisotopic (exact) mass is 316 g/mol. The molecule has 2 amide bonds. The molecular formula is C18H24N2O3. The van der Waals surface area contributed by atoms with Crippen LogP contribution in [0, 0.1) is 5.92 Å². The third kappa shape index (κ3) is 4.10. The maximum Gasteiger partial charge on any atom is 0.253 e. The first-order valence-corrected chi connectivity index (χ1v) is 8.54. The highest BCUT2D eigenvalue weighted by atomic mass is 16.5. The minimum atomic E-state index is -0.164. The molecule has 1 unspecified atom stereocenters. The van der Waals surface area contributed by atoms with Crippen LogP contribution in [0.25, 0.3) is 0 Å². The van der Waals surface area contributed by atoms with E-state index in [2.05, 4.69) is 10.6 Å². The maximum atomic E-state index is 12.4. The Labute approximate surface area is 136 Å². The highest BCUT2D eigenvalue weighted by molar-refractivity contribution is 6.04. The van der Waals surface area contributed by atoms with Gasteiger partial charge in [-0.2, -0.15) is 0 Å². The molecule has 0 bridgehead atoms. The number of para-hydroxylation sites is 1. The van der Waals surface area contributed by atoms with Gasteiger partial charge in [0.05, 0.1) is 17.4 Å². The lowest BCUT2D eigenvalue weighted by molar-refractivity contribution is -0.119. The number of ether oxygens (including phenoxy) is 1. The molecule has 2 aliphatic rings. The van der Waals surface area contributed by atoms with Gasteiger partial charge in [-0.1, -0.05) is 25.0 Å². The second-order valence-electron chi connectivity index (χ2n) is 6.36. The molecule has 5 nitrogen and oxygen atoms in total. The van der Waals surface area contributed by atoms with E-state index in [4.69, 9.17) is 4.74 Å². The van der Waals surface area contributed by atoms with Crippen LogP contribution in [0.1, 0.15) is 48.9 Å². The number of amides is 2. The summed E-state index contributed by atoms with van der Waals surface area (Å²) in [5.41, 5.74) is 1.10. The average Bonchev–Trinajstić information content (AvgIpc) is 3.26. The van der Waals surface area contributed by atoms with E-state index in [1.54, 1.807) is 12.1 Å². The third-order valence-corrected chi connectivity index (χ3v) is 4.67. The van der Waals surface area contributed by atoms with E-state index < -0.39 is 0 Å². The second-order valence-corrected chi connectivity index (χ2v) is 6.36. The first-order chi connectivity index (χ1) is 11.2. The summed E-state index contributed by atoms with van der Waals surface area (Å²) >= 11 is 0. The van der Waals surface area contributed by atoms with Crippen LogP contribution in [-0.2, 0) is 9.53 Å². The van der Waals surface area contributed by atoms with Gasteiger partial charge in [-0.25, -0.2) is 0 Å². The molecule has 3 rings (SSSR count). The molecule has 1 aliphatic carbocycles. The molecule has 1 aromatic carbocycles. The number of anilines is 1. The number of hydrogen-bond donors (Lipinski definition) is 2.